The average Bonchev–Trinajstić information content (AvgIpc) is 3.54. The van der Waals surface area contributed by atoms with Crippen LogP contribution in [0.15, 0.2) is 44.0 Å². The van der Waals surface area contributed by atoms with Gasteiger partial charge in [0.1, 0.15) is 0 Å². The monoisotopic (exact) mass is 630 g/mol. The number of ether oxygens (including phenoxy) is 2. The zero-order valence-electron chi connectivity index (χ0n) is 16.9. The molecule has 4 rings (SSSR count). The van der Waals surface area contributed by atoms with Crippen molar-refractivity contribution < 1.29 is 19.1 Å². The van der Waals surface area contributed by atoms with E-state index in [1.165, 1.54) is 14.2 Å². The Balaban J connectivity index is 1.62. The molecule has 0 bridgehead atoms. The van der Waals surface area contributed by atoms with Crippen LogP contribution in [0.25, 0.3) is 29.3 Å². The van der Waals surface area contributed by atoms with Gasteiger partial charge in [0.05, 0.1) is 34.6 Å². The molecular weight excluding hydrogens is 616 g/mol. The third-order valence-corrected chi connectivity index (χ3v) is 10.7. The molecule has 4 nitrogen and oxygen atoms in total. The van der Waals surface area contributed by atoms with E-state index in [0.29, 0.717) is 0 Å². The van der Waals surface area contributed by atoms with Crippen molar-refractivity contribution in [3.05, 3.63) is 55.1 Å². The predicted molar refractivity (Wildman–Crippen MR) is 141 cm³/mol. The Morgan fingerprint density at radius 3 is 1.44 bits per heavy atom. The first kappa shape index (κ1) is 23.8. The van der Waals surface area contributed by atoms with Crippen molar-refractivity contribution in [1.29, 1.82) is 0 Å². The van der Waals surface area contributed by atoms with Crippen LogP contribution < -0.4 is 0 Å². The normalized spacial score (nSPS) is 11.0. The maximum Gasteiger partial charge on any atom is 0.310 e. The van der Waals surface area contributed by atoms with Gasteiger partial charge in [-0.3, -0.25) is 9.59 Å². The topological polar surface area (TPSA) is 52.6 Å². The maximum absolute atomic E-state index is 11.8. The summed E-state index contributed by atoms with van der Waals surface area (Å²) < 4.78 is 11.7. The van der Waals surface area contributed by atoms with E-state index in [1.807, 2.05) is 12.1 Å². The number of halogens is 2. The van der Waals surface area contributed by atoms with E-state index in [2.05, 4.69) is 56.1 Å². The van der Waals surface area contributed by atoms with Gasteiger partial charge in [-0.25, -0.2) is 0 Å². The van der Waals surface area contributed by atoms with E-state index < -0.39 is 0 Å². The van der Waals surface area contributed by atoms with Gasteiger partial charge in [-0.05, 0) is 79.4 Å². The number of hydrogen-bond donors (Lipinski definition) is 0. The summed E-state index contributed by atoms with van der Waals surface area (Å²) in [7, 11) is 2.81. The first-order valence-corrected chi connectivity index (χ1v) is 14.1. The second kappa shape index (κ2) is 10.3. The highest BCUT2D eigenvalue weighted by atomic mass is 79.9. The van der Waals surface area contributed by atoms with Crippen LogP contribution in [0, 0.1) is 0 Å². The van der Waals surface area contributed by atoms with Crippen molar-refractivity contribution in [1.82, 2.24) is 0 Å². The van der Waals surface area contributed by atoms with Crippen LogP contribution in [0.4, 0.5) is 0 Å². The van der Waals surface area contributed by atoms with E-state index in [0.717, 1.165) is 48.0 Å². The molecule has 0 aromatic carbocycles. The van der Waals surface area contributed by atoms with Crippen LogP contribution >= 0.6 is 77.2 Å². The zero-order valence-corrected chi connectivity index (χ0v) is 23.3. The molecule has 10 heteroatoms. The standard InChI is InChI=1S/C22H16Br2O4S4/c1-27-19(25)9-11-7-17(23)31-21(11)15-5-3-13(29-15)14-4-6-16(30-14)22-12(8-18(24)32-22)10-20(26)28-2/h3-8H,9-10H2,1-2H3. The Labute approximate surface area is 218 Å². The highest BCUT2D eigenvalue weighted by Crippen LogP contribution is 2.46. The Hall–Kier alpha value is -1.30. The molecule has 166 valence electrons. The van der Waals surface area contributed by atoms with Gasteiger partial charge in [-0.1, -0.05) is 0 Å². The molecule has 0 radical (unpaired) electrons. The molecule has 0 unspecified atom stereocenters. The molecule has 0 aliphatic heterocycles. The van der Waals surface area contributed by atoms with Gasteiger partial charge in [0.25, 0.3) is 0 Å². The van der Waals surface area contributed by atoms with Crippen LogP contribution in [0.2, 0.25) is 0 Å². The van der Waals surface area contributed by atoms with Crippen molar-refractivity contribution in [3.8, 4) is 29.3 Å². The molecule has 4 heterocycles. The minimum Gasteiger partial charge on any atom is -0.469 e. The van der Waals surface area contributed by atoms with Gasteiger partial charge >= 0.3 is 11.9 Å². The number of hydrogen-bond acceptors (Lipinski definition) is 8. The van der Waals surface area contributed by atoms with E-state index >= 15 is 0 Å². The van der Waals surface area contributed by atoms with Crippen molar-refractivity contribution in [2.24, 2.45) is 0 Å². The average molecular weight is 632 g/mol. The Morgan fingerprint density at radius 2 is 1.06 bits per heavy atom. The molecule has 0 aliphatic rings. The van der Waals surface area contributed by atoms with Crippen molar-refractivity contribution in [2.75, 3.05) is 14.2 Å². The number of carbonyl (C=O) groups is 2. The smallest absolute Gasteiger partial charge is 0.310 e. The molecule has 0 N–H and O–H groups in total. The van der Waals surface area contributed by atoms with Gasteiger partial charge in [0, 0.05) is 29.3 Å². The molecule has 0 spiro atoms. The predicted octanol–water partition coefficient (Wildman–Crippen LogP) is 7.89. The Kier molecular flexibility index (Phi) is 7.69. The molecule has 0 fully saturated rings. The summed E-state index contributed by atoms with van der Waals surface area (Å²) in [5.41, 5.74) is 1.93. The first-order chi connectivity index (χ1) is 15.4. The summed E-state index contributed by atoms with van der Waals surface area (Å²) >= 11 is 13.7. The number of carbonyl (C=O) groups excluding carboxylic acids is 2. The fourth-order valence-corrected chi connectivity index (χ4v) is 8.84. The third kappa shape index (κ3) is 5.26. The number of rotatable bonds is 7. The summed E-state index contributed by atoms with van der Waals surface area (Å²) in [6, 6.07) is 12.4. The molecule has 0 atom stereocenters. The summed E-state index contributed by atoms with van der Waals surface area (Å²) in [5.74, 6) is -0.498. The molecule has 0 saturated heterocycles. The summed E-state index contributed by atoms with van der Waals surface area (Å²) in [5, 5.41) is 0. The van der Waals surface area contributed by atoms with Crippen molar-refractivity contribution >= 4 is 89.1 Å². The van der Waals surface area contributed by atoms with Gasteiger partial charge in [-0.2, -0.15) is 0 Å². The van der Waals surface area contributed by atoms with Crippen LogP contribution in [-0.4, -0.2) is 26.2 Å². The minimum atomic E-state index is -0.249. The number of methoxy groups -OCH3 is 2. The molecule has 4 aromatic heterocycles. The van der Waals surface area contributed by atoms with Crippen LogP contribution in [0.5, 0.6) is 0 Å². The summed E-state index contributed by atoms with van der Waals surface area (Å²) in [4.78, 5) is 30.3. The lowest BCUT2D eigenvalue weighted by atomic mass is 10.1. The zero-order chi connectivity index (χ0) is 22.8. The highest BCUT2D eigenvalue weighted by molar-refractivity contribution is 9.11. The largest absolute Gasteiger partial charge is 0.469 e. The van der Waals surface area contributed by atoms with Gasteiger partial charge in [-0.15, -0.1) is 45.3 Å². The van der Waals surface area contributed by atoms with E-state index in [-0.39, 0.29) is 24.8 Å². The van der Waals surface area contributed by atoms with E-state index in [4.69, 9.17) is 9.47 Å². The fourth-order valence-electron chi connectivity index (χ4n) is 3.11. The van der Waals surface area contributed by atoms with Gasteiger partial charge in [0.2, 0.25) is 0 Å². The molecular formula is C22H16Br2O4S4. The van der Waals surface area contributed by atoms with Crippen LogP contribution in [0.3, 0.4) is 0 Å². The fraction of sp³-hybridized carbons (Fsp3) is 0.182. The molecule has 0 amide bonds. The third-order valence-electron chi connectivity index (χ3n) is 4.59. The van der Waals surface area contributed by atoms with Crippen molar-refractivity contribution in [3.63, 3.8) is 0 Å². The molecule has 0 saturated carbocycles. The quantitative estimate of drug-likeness (QED) is 0.195. The second-order valence-corrected chi connectivity index (χ2v) is 13.7. The highest BCUT2D eigenvalue weighted by Gasteiger charge is 2.18. The van der Waals surface area contributed by atoms with Crippen LogP contribution in [0.1, 0.15) is 11.1 Å². The second-order valence-electron chi connectivity index (χ2n) is 6.64. The summed E-state index contributed by atoms with van der Waals surface area (Å²) in [6.45, 7) is 0. The first-order valence-electron chi connectivity index (χ1n) is 9.28. The number of thiophene rings is 4. The van der Waals surface area contributed by atoms with Crippen LogP contribution in [-0.2, 0) is 31.9 Å². The molecule has 4 aromatic rings. The number of esters is 2. The molecule has 32 heavy (non-hydrogen) atoms. The lowest BCUT2D eigenvalue weighted by molar-refractivity contribution is -0.140. The minimum absolute atomic E-state index is 0.249. The lowest BCUT2D eigenvalue weighted by Crippen LogP contribution is -2.04. The van der Waals surface area contributed by atoms with E-state index in [1.54, 1.807) is 45.3 Å². The van der Waals surface area contributed by atoms with E-state index in [9.17, 15) is 9.59 Å². The SMILES string of the molecule is COC(=O)Cc1cc(Br)sc1-c1ccc(-c2ccc(-c3sc(Br)cc3CC(=O)OC)s2)s1. The van der Waals surface area contributed by atoms with Gasteiger partial charge < -0.3 is 9.47 Å². The Morgan fingerprint density at radius 1 is 0.688 bits per heavy atom. The summed E-state index contributed by atoms with van der Waals surface area (Å²) in [6.07, 6.45) is 0.501. The Bertz CT molecular complexity index is 1180. The maximum atomic E-state index is 11.8. The van der Waals surface area contributed by atoms with Gasteiger partial charge in [0.15, 0.2) is 0 Å². The van der Waals surface area contributed by atoms with Crippen molar-refractivity contribution in [2.45, 2.75) is 12.8 Å². The lowest BCUT2D eigenvalue weighted by Gasteiger charge is -2.01. The molecule has 0 aliphatic carbocycles.